The number of anilines is 1. The van der Waals surface area contributed by atoms with Gasteiger partial charge in [0.15, 0.2) is 6.61 Å². The molecule has 0 aliphatic carbocycles. The third kappa shape index (κ3) is 5.95. The molecule has 0 saturated heterocycles. The summed E-state index contributed by atoms with van der Waals surface area (Å²) in [6.45, 7) is 1.91. The molecule has 9 heteroatoms. The Morgan fingerprint density at radius 2 is 1.77 bits per heavy atom. The van der Waals surface area contributed by atoms with Crippen molar-refractivity contribution in [1.29, 1.82) is 0 Å². The minimum atomic E-state index is -3.77. The number of hydrogen-bond donors (Lipinski definition) is 2. The first-order valence-electron chi connectivity index (χ1n) is 9.01. The molecular formula is C21H20ClN3O4S. The number of rotatable bonds is 8. The predicted molar refractivity (Wildman–Crippen MR) is 115 cm³/mol. The Kier molecular flexibility index (Phi) is 6.91. The number of ether oxygens (including phenoxy) is 1. The van der Waals surface area contributed by atoms with Crippen LogP contribution in [0, 0.1) is 6.92 Å². The van der Waals surface area contributed by atoms with E-state index in [0.29, 0.717) is 28.6 Å². The summed E-state index contributed by atoms with van der Waals surface area (Å²) in [4.78, 5) is 16.0. The zero-order chi connectivity index (χ0) is 21.6. The number of carbonyl (C=O) groups excluding carboxylic acids is 1. The minimum absolute atomic E-state index is 0.0874. The fourth-order valence-corrected chi connectivity index (χ4v) is 3.85. The lowest BCUT2D eigenvalue weighted by molar-refractivity contribution is -0.123. The Hall–Kier alpha value is -3.10. The van der Waals surface area contributed by atoms with Crippen LogP contribution >= 0.6 is 11.6 Å². The summed E-state index contributed by atoms with van der Waals surface area (Å²) >= 11 is 5.82. The van der Waals surface area contributed by atoms with E-state index in [0.717, 1.165) is 5.56 Å². The van der Waals surface area contributed by atoms with E-state index in [1.807, 2.05) is 12.1 Å². The molecule has 2 N–H and O–H groups in total. The van der Waals surface area contributed by atoms with Gasteiger partial charge in [0.25, 0.3) is 15.9 Å². The maximum Gasteiger partial charge on any atom is 0.261 e. The number of hydrogen-bond acceptors (Lipinski definition) is 5. The van der Waals surface area contributed by atoms with E-state index < -0.39 is 10.0 Å². The zero-order valence-electron chi connectivity index (χ0n) is 16.1. The van der Waals surface area contributed by atoms with Crippen molar-refractivity contribution < 1.29 is 17.9 Å². The Morgan fingerprint density at radius 3 is 2.43 bits per heavy atom. The maximum atomic E-state index is 12.6. The summed E-state index contributed by atoms with van der Waals surface area (Å²) in [7, 11) is -3.77. The van der Waals surface area contributed by atoms with Crippen LogP contribution in [-0.4, -0.2) is 25.9 Å². The van der Waals surface area contributed by atoms with Crippen LogP contribution in [0.3, 0.4) is 0 Å². The molecule has 1 heterocycles. The molecule has 0 radical (unpaired) electrons. The zero-order valence-corrected chi connectivity index (χ0v) is 17.7. The number of nitrogens with one attached hydrogen (secondary N) is 2. The van der Waals surface area contributed by atoms with Gasteiger partial charge in [0.2, 0.25) is 0 Å². The summed E-state index contributed by atoms with van der Waals surface area (Å²) < 4.78 is 33.2. The highest BCUT2D eigenvalue weighted by Gasteiger charge is 2.16. The van der Waals surface area contributed by atoms with Gasteiger partial charge in [-0.05, 0) is 72.6 Å². The van der Waals surface area contributed by atoms with Crippen LogP contribution in [0.5, 0.6) is 5.75 Å². The van der Waals surface area contributed by atoms with Gasteiger partial charge in [0.1, 0.15) is 5.75 Å². The largest absolute Gasteiger partial charge is 0.484 e. The summed E-state index contributed by atoms with van der Waals surface area (Å²) in [5.74, 6) is 0.145. The molecule has 1 aromatic heterocycles. The van der Waals surface area contributed by atoms with Crippen molar-refractivity contribution in [3.8, 4) is 5.75 Å². The number of benzene rings is 2. The van der Waals surface area contributed by atoms with E-state index in [9.17, 15) is 13.2 Å². The molecule has 0 bridgehead atoms. The summed E-state index contributed by atoms with van der Waals surface area (Å²) in [6, 6.07) is 14.4. The summed E-state index contributed by atoms with van der Waals surface area (Å²) in [5, 5.41) is 3.26. The minimum Gasteiger partial charge on any atom is -0.484 e. The molecular weight excluding hydrogens is 426 g/mol. The number of sulfonamides is 1. The molecule has 1 amide bonds. The van der Waals surface area contributed by atoms with Gasteiger partial charge < -0.3 is 10.1 Å². The first kappa shape index (κ1) is 21.6. The monoisotopic (exact) mass is 445 g/mol. The van der Waals surface area contributed by atoms with Gasteiger partial charge in [-0.25, -0.2) is 8.42 Å². The lowest BCUT2D eigenvalue weighted by Crippen LogP contribution is -2.28. The third-order valence-corrected chi connectivity index (χ3v) is 5.78. The predicted octanol–water partition coefficient (Wildman–Crippen LogP) is 3.54. The molecule has 3 rings (SSSR count). The molecule has 0 atom stereocenters. The number of aryl methyl sites for hydroxylation is 1. The van der Waals surface area contributed by atoms with Crippen molar-refractivity contribution in [2.24, 2.45) is 0 Å². The molecule has 0 spiro atoms. The topological polar surface area (TPSA) is 97.4 Å². The van der Waals surface area contributed by atoms with E-state index in [-0.39, 0.29) is 17.4 Å². The van der Waals surface area contributed by atoms with Gasteiger partial charge >= 0.3 is 0 Å². The van der Waals surface area contributed by atoms with Crippen molar-refractivity contribution in [3.05, 3.63) is 83.1 Å². The number of pyridine rings is 1. The van der Waals surface area contributed by atoms with Crippen LogP contribution in [0.15, 0.2) is 71.9 Å². The molecule has 156 valence electrons. The second kappa shape index (κ2) is 9.60. The summed E-state index contributed by atoms with van der Waals surface area (Å²) in [6.07, 6.45) is 3.30. The fraction of sp³-hybridized carbons (Fsp3) is 0.143. The SMILES string of the molecule is Cc1cc(S(=O)(=O)Nc2ccc(Cl)cc2)ccc1OCC(=O)NCc1ccncc1. The Labute approximate surface area is 180 Å². The lowest BCUT2D eigenvalue weighted by atomic mass is 10.2. The molecule has 3 aromatic rings. The molecule has 0 aliphatic rings. The number of carbonyl (C=O) groups is 1. The highest BCUT2D eigenvalue weighted by atomic mass is 35.5. The average molecular weight is 446 g/mol. The fourth-order valence-electron chi connectivity index (χ4n) is 2.58. The van der Waals surface area contributed by atoms with Gasteiger partial charge in [-0.15, -0.1) is 0 Å². The van der Waals surface area contributed by atoms with Crippen molar-refractivity contribution in [1.82, 2.24) is 10.3 Å². The van der Waals surface area contributed by atoms with Gasteiger partial charge in [0.05, 0.1) is 4.90 Å². The molecule has 0 fully saturated rings. The molecule has 2 aromatic carbocycles. The second-order valence-corrected chi connectivity index (χ2v) is 8.58. The van der Waals surface area contributed by atoms with E-state index in [2.05, 4.69) is 15.0 Å². The molecule has 30 heavy (non-hydrogen) atoms. The van der Waals surface area contributed by atoms with Gasteiger partial charge in [-0.1, -0.05) is 11.6 Å². The van der Waals surface area contributed by atoms with Gasteiger partial charge in [0, 0.05) is 29.6 Å². The van der Waals surface area contributed by atoms with Gasteiger partial charge in [-0.3, -0.25) is 14.5 Å². The normalized spacial score (nSPS) is 11.0. The van der Waals surface area contributed by atoms with E-state index in [1.165, 1.54) is 18.2 Å². The molecule has 0 saturated carbocycles. The first-order chi connectivity index (χ1) is 14.3. The molecule has 0 unspecified atom stereocenters. The van der Waals surface area contributed by atoms with Crippen molar-refractivity contribution >= 4 is 33.2 Å². The highest BCUT2D eigenvalue weighted by Crippen LogP contribution is 2.24. The third-order valence-electron chi connectivity index (χ3n) is 4.15. The number of halogens is 1. The first-order valence-corrected chi connectivity index (χ1v) is 10.9. The highest BCUT2D eigenvalue weighted by molar-refractivity contribution is 7.92. The number of aromatic nitrogens is 1. The molecule has 7 nitrogen and oxygen atoms in total. The van der Waals surface area contributed by atoms with Crippen molar-refractivity contribution in [2.75, 3.05) is 11.3 Å². The second-order valence-electron chi connectivity index (χ2n) is 6.46. The average Bonchev–Trinajstić information content (AvgIpc) is 2.73. The lowest BCUT2D eigenvalue weighted by Gasteiger charge is -2.12. The van der Waals surface area contributed by atoms with Crippen LogP contribution < -0.4 is 14.8 Å². The Balaban J connectivity index is 1.59. The van der Waals surface area contributed by atoms with Crippen LogP contribution in [0.4, 0.5) is 5.69 Å². The smallest absolute Gasteiger partial charge is 0.261 e. The van der Waals surface area contributed by atoms with E-state index >= 15 is 0 Å². The van der Waals surface area contributed by atoms with Crippen LogP contribution in [0.1, 0.15) is 11.1 Å². The Bertz CT molecular complexity index is 1120. The van der Waals surface area contributed by atoms with Crippen LogP contribution in [-0.2, 0) is 21.4 Å². The van der Waals surface area contributed by atoms with E-state index in [1.54, 1.807) is 43.6 Å². The van der Waals surface area contributed by atoms with Crippen LogP contribution in [0.25, 0.3) is 0 Å². The number of nitrogens with zero attached hydrogens (tertiary/aromatic N) is 1. The maximum absolute atomic E-state index is 12.6. The standard InChI is InChI=1S/C21H20ClN3O4S/c1-15-12-19(30(27,28)25-18-4-2-17(22)3-5-18)6-7-20(15)29-14-21(26)24-13-16-8-10-23-11-9-16/h2-12,25H,13-14H2,1H3,(H,24,26). The van der Waals surface area contributed by atoms with Gasteiger partial charge in [-0.2, -0.15) is 0 Å². The van der Waals surface area contributed by atoms with Crippen molar-refractivity contribution in [3.63, 3.8) is 0 Å². The Morgan fingerprint density at radius 1 is 1.07 bits per heavy atom. The van der Waals surface area contributed by atoms with Crippen molar-refractivity contribution in [2.45, 2.75) is 18.4 Å². The quantitative estimate of drug-likeness (QED) is 0.552. The molecule has 0 aliphatic heterocycles. The number of amides is 1. The van der Waals surface area contributed by atoms with E-state index in [4.69, 9.17) is 16.3 Å². The summed E-state index contributed by atoms with van der Waals surface area (Å²) in [5.41, 5.74) is 1.93. The van der Waals surface area contributed by atoms with Crippen LogP contribution in [0.2, 0.25) is 5.02 Å².